The van der Waals surface area contributed by atoms with E-state index >= 15 is 0 Å². The van der Waals surface area contributed by atoms with Crippen LogP contribution in [0.4, 0.5) is 5.82 Å². The minimum Gasteiger partial charge on any atom is -0.383 e. The molecule has 0 spiro atoms. The summed E-state index contributed by atoms with van der Waals surface area (Å²) in [6, 6.07) is 8.07. The molecule has 0 aliphatic rings. The van der Waals surface area contributed by atoms with Crippen molar-refractivity contribution in [1.82, 2.24) is 20.0 Å². The van der Waals surface area contributed by atoms with Gasteiger partial charge in [-0.15, -0.1) is 0 Å². The fourth-order valence-electron chi connectivity index (χ4n) is 2.07. The Hall–Kier alpha value is -1.82. The molecular formula is C12H12BrN5. The second-order valence-electron chi connectivity index (χ2n) is 4.17. The third-order valence-corrected chi connectivity index (χ3v) is 3.70. The number of anilines is 1. The van der Waals surface area contributed by atoms with Crippen molar-refractivity contribution in [3.63, 3.8) is 0 Å². The second-order valence-corrected chi connectivity index (χ2v) is 5.02. The molecule has 2 heterocycles. The number of nitrogens with two attached hydrogens (primary N) is 1. The van der Waals surface area contributed by atoms with Crippen LogP contribution in [-0.4, -0.2) is 20.0 Å². The van der Waals surface area contributed by atoms with E-state index in [4.69, 9.17) is 5.73 Å². The van der Waals surface area contributed by atoms with Gasteiger partial charge in [0, 0.05) is 4.47 Å². The van der Waals surface area contributed by atoms with Crippen LogP contribution >= 0.6 is 15.9 Å². The van der Waals surface area contributed by atoms with Gasteiger partial charge in [0.2, 0.25) is 0 Å². The number of aryl methyl sites for hydroxylation is 1. The third-order valence-electron chi connectivity index (χ3n) is 2.93. The molecule has 0 bridgehead atoms. The van der Waals surface area contributed by atoms with E-state index in [0.29, 0.717) is 12.4 Å². The van der Waals surface area contributed by atoms with E-state index in [1.807, 2.05) is 29.8 Å². The lowest BCUT2D eigenvalue weighted by atomic mass is 10.2. The number of nitrogens with zero attached hydrogens (tertiary/aromatic N) is 3. The Bertz CT molecular complexity index is 712. The molecule has 6 heteroatoms. The standard InChI is InChI=1S/C12H12BrN5/c1-7-10-11(14)15-16-12(10)18(17-7)6-8-4-2-3-5-9(8)13/h2-5H,6H2,1H3,(H3,14,15,16). The van der Waals surface area contributed by atoms with Crippen molar-refractivity contribution in [2.75, 3.05) is 5.73 Å². The van der Waals surface area contributed by atoms with Gasteiger partial charge in [-0.3, -0.25) is 5.10 Å². The van der Waals surface area contributed by atoms with Crippen LogP contribution in [0.25, 0.3) is 11.0 Å². The number of hydrogen-bond donors (Lipinski definition) is 2. The number of benzene rings is 1. The van der Waals surface area contributed by atoms with Gasteiger partial charge in [0.25, 0.3) is 0 Å². The van der Waals surface area contributed by atoms with Gasteiger partial charge in [-0.2, -0.15) is 10.2 Å². The van der Waals surface area contributed by atoms with Gasteiger partial charge in [-0.1, -0.05) is 34.1 Å². The summed E-state index contributed by atoms with van der Waals surface area (Å²) < 4.78 is 2.92. The van der Waals surface area contributed by atoms with Crippen LogP contribution in [-0.2, 0) is 6.54 Å². The molecule has 5 nitrogen and oxygen atoms in total. The smallest absolute Gasteiger partial charge is 0.182 e. The van der Waals surface area contributed by atoms with E-state index in [1.165, 1.54) is 0 Å². The van der Waals surface area contributed by atoms with E-state index < -0.39 is 0 Å². The zero-order chi connectivity index (χ0) is 12.7. The van der Waals surface area contributed by atoms with Crippen molar-refractivity contribution >= 4 is 32.8 Å². The number of nitrogens with one attached hydrogen (secondary N) is 1. The van der Waals surface area contributed by atoms with Crippen molar-refractivity contribution < 1.29 is 0 Å². The van der Waals surface area contributed by atoms with Gasteiger partial charge in [0.1, 0.15) is 5.82 Å². The van der Waals surface area contributed by atoms with Crippen LogP contribution in [0, 0.1) is 6.92 Å². The SMILES string of the molecule is Cc1nn(Cc2ccccc2Br)c2n[nH]c(N)c12. The van der Waals surface area contributed by atoms with E-state index in [1.54, 1.807) is 0 Å². The highest BCUT2D eigenvalue weighted by atomic mass is 79.9. The first kappa shape index (κ1) is 11.3. The van der Waals surface area contributed by atoms with Crippen molar-refractivity contribution in [1.29, 1.82) is 0 Å². The number of nitrogen functional groups attached to an aromatic ring is 1. The number of fused-ring (bicyclic) bond motifs is 1. The molecule has 0 aliphatic heterocycles. The summed E-state index contributed by atoms with van der Waals surface area (Å²) in [5.41, 5.74) is 8.67. The minimum absolute atomic E-state index is 0.570. The van der Waals surface area contributed by atoms with Crippen LogP contribution in [0.3, 0.4) is 0 Å². The third kappa shape index (κ3) is 1.69. The molecule has 18 heavy (non-hydrogen) atoms. The van der Waals surface area contributed by atoms with Crippen LogP contribution in [0.1, 0.15) is 11.3 Å². The zero-order valence-corrected chi connectivity index (χ0v) is 11.4. The maximum atomic E-state index is 5.83. The molecule has 1 aromatic carbocycles. The van der Waals surface area contributed by atoms with Crippen LogP contribution in [0.15, 0.2) is 28.7 Å². The molecular weight excluding hydrogens is 294 g/mol. The minimum atomic E-state index is 0.570. The summed E-state index contributed by atoms with van der Waals surface area (Å²) >= 11 is 3.54. The highest BCUT2D eigenvalue weighted by Crippen LogP contribution is 2.23. The van der Waals surface area contributed by atoms with Crippen LogP contribution in [0.5, 0.6) is 0 Å². The topological polar surface area (TPSA) is 72.5 Å². The molecule has 0 saturated heterocycles. The van der Waals surface area contributed by atoms with Crippen LogP contribution in [0.2, 0.25) is 0 Å². The molecule has 0 radical (unpaired) electrons. The Morgan fingerprint density at radius 3 is 2.94 bits per heavy atom. The first-order chi connectivity index (χ1) is 8.66. The van der Waals surface area contributed by atoms with E-state index in [9.17, 15) is 0 Å². The number of aromatic amines is 1. The molecule has 0 amide bonds. The molecule has 2 aromatic heterocycles. The molecule has 3 rings (SSSR count). The van der Waals surface area contributed by atoms with Crippen LogP contribution < -0.4 is 5.73 Å². The first-order valence-corrected chi connectivity index (χ1v) is 6.36. The molecule has 0 saturated carbocycles. The molecule has 3 aromatic rings. The highest BCUT2D eigenvalue weighted by molar-refractivity contribution is 9.10. The number of halogens is 1. The first-order valence-electron chi connectivity index (χ1n) is 5.57. The Morgan fingerprint density at radius 1 is 1.39 bits per heavy atom. The lowest BCUT2D eigenvalue weighted by Gasteiger charge is -2.04. The van der Waals surface area contributed by atoms with Gasteiger partial charge in [-0.05, 0) is 18.6 Å². The number of H-pyrrole nitrogens is 1. The normalized spacial score (nSPS) is 11.2. The largest absolute Gasteiger partial charge is 0.383 e. The highest BCUT2D eigenvalue weighted by Gasteiger charge is 2.14. The van der Waals surface area contributed by atoms with Gasteiger partial charge < -0.3 is 5.73 Å². The second kappa shape index (κ2) is 4.13. The molecule has 3 N–H and O–H groups in total. The number of aromatic nitrogens is 4. The summed E-state index contributed by atoms with van der Waals surface area (Å²) in [5, 5.41) is 12.4. The lowest BCUT2D eigenvalue weighted by Crippen LogP contribution is -2.03. The average molecular weight is 306 g/mol. The van der Waals surface area contributed by atoms with Gasteiger partial charge in [0.05, 0.1) is 17.6 Å². The predicted octanol–water partition coefficient (Wildman–Crippen LogP) is 2.46. The summed E-state index contributed by atoms with van der Waals surface area (Å²) in [7, 11) is 0. The van der Waals surface area contributed by atoms with Crippen molar-refractivity contribution in [3.05, 3.63) is 40.0 Å². The monoisotopic (exact) mass is 305 g/mol. The molecule has 92 valence electrons. The quantitative estimate of drug-likeness (QED) is 0.764. The summed E-state index contributed by atoms with van der Waals surface area (Å²) in [6.07, 6.45) is 0. The van der Waals surface area contributed by atoms with Crippen molar-refractivity contribution in [2.24, 2.45) is 0 Å². The Morgan fingerprint density at radius 2 is 2.17 bits per heavy atom. The molecule has 0 aliphatic carbocycles. The maximum Gasteiger partial charge on any atom is 0.182 e. The molecule has 0 atom stereocenters. The average Bonchev–Trinajstić information content (AvgIpc) is 2.86. The van der Waals surface area contributed by atoms with E-state index in [2.05, 4.69) is 37.3 Å². The number of hydrogen-bond acceptors (Lipinski definition) is 3. The lowest BCUT2D eigenvalue weighted by molar-refractivity contribution is 0.690. The molecule has 0 unspecified atom stereocenters. The number of rotatable bonds is 2. The fourth-order valence-corrected chi connectivity index (χ4v) is 2.48. The summed E-state index contributed by atoms with van der Waals surface area (Å²) in [4.78, 5) is 0. The van der Waals surface area contributed by atoms with Crippen molar-refractivity contribution in [3.8, 4) is 0 Å². The summed E-state index contributed by atoms with van der Waals surface area (Å²) in [6.45, 7) is 2.60. The van der Waals surface area contributed by atoms with Gasteiger partial charge >= 0.3 is 0 Å². The predicted molar refractivity (Wildman–Crippen MR) is 74.3 cm³/mol. The molecule has 0 fully saturated rings. The van der Waals surface area contributed by atoms with E-state index in [0.717, 1.165) is 26.8 Å². The van der Waals surface area contributed by atoms with Crippen molar-refractivity contribution in [2.45, 2.75) is 13.5 Å². The van der Waals surface area contributed by atoms with Gasteiger partial charge in [0.15, 0.2) is 5.65 Å². The Labute approximate surface area is 112 Å². The maximum absolute atomic E-state index is 5.83. The van der Waals surface area contributed by atoms with Gasteiger partial charge in [-0.25, -0.2) is 4.68 Å². The Balaban J connectivity index is 2.08. The summed E-state index contributed by atoms with van der Waals surface area (Å²) in [5.74, 6) is 0.570. The van der Waals surface area contributed by atoms with E-state index in [-0.39, 0.29) is 0 Å². The fraction of sp³-hybridized carbons (Fsp3) is 0.167. The zero-order valence-electron chi connectivity index (χ0n) is 9.81. The Kier molecular flexibility index (Phi) is 2.59.